The normalized spacial score (nSPS) is 10.2. The third-order valence-corrected chi connectivity index (χ3v) is 4.10. The summed E-state index contributed by atoms with van der Waals surface area (Å²) >= 11 is 5.94. The van der Waals surface area contributed by atoms with Gasteiger partial charge in [0, 0.05) is 23.6 Å². The largest absolute Gasteiger partial charge is 0.496 e. The first kappa shape index (κ1) is 21.4. The molecule has 2 aromatic carbocycles. The van der Waals surface area contributed by atoms with Crippen LogP contribution in [-0.4, -0.2) is 31.4 Å². The number of Topliss-reactive ketones (excluding diaryl/α,β-unsaturated/α-hetero) is 1. The van der Waals surface area contributed by atoms with E-state index in [0.29, 0.717) is 34.2 Å². The highest BCUT2D eigenvalue weighted by Crippen LogP contribution is 2.24. The molecule has 0 spiro atoms. The van der Waals surface area contributed by atoms with Crippen LogP contribution < -0.4 is 10.1 Å². The number of benzene rings is 2. The second-order valence-electron chi connectivity index (χ2n) is 6.03. The molecule has 7 heteroatoms. The van der Waals surface area contributed by atoms with E-state index >= 15 is 0 Å². The summed E-state index contributed by atoms with van der Waals surface area (Å²) in [7, 11) is 1.46. The quantitative estimate of drug-likeness (QED) is 0.491. The molecule has 1 N–H and O–H groups in total. The molecule has 0 saturated carbocycles. The van der Waals surface area contributed by atoms with Crippen molar-refractivity contribution in [3.63, 3.8) is 0 Å². The van der Waals surface area contributed by atoms with E-state index in [1.165, 1.54) is 19.2 Å². The maximum atomic E-state index is 12.4. The summed E-state index contributed by atoms with van der Waals surface area (Å²) in [5.41, 5.74) is 1.15. The van der Waals surface area contributed by atoms with Crippen molar-refractivity contribution in [1.29, 1.82) is 0 Å². The summed E-state index contributed by atoms with van der Waals surface area (Å²) < 4.78 is 10.2. The van der Waals surface area contributed by atoms with Crippen LogP contribution in [0.25, 0.3) is 0 Å². The zero-order valence-electron chi connectivity index (χ0n) is 15.8. The molecule has 1 amide bonds. The second kappa shape index (κ2) is 10.5. The van der Waals surface area contributed by atoms with Gasteiger partial charge in [-0.05, 0) is 42.8 Å². The molecule has 0 aromatic heterocycles. The molecule has 2 aromatic rings. The van der Waals surface area contributed by atoms with Gasteiger partial charge in [-0.1, -0.05) is 24.6 Å². The summed E-state index contributed by atoms with van der Waals surface area (Å²) in [6.45, 7) is 2.24. The SMILES string of the molecule is CCCOC(=O)c1cccc(NC(=O)CCC(=O)c2cc(Cl)ccc2OC)c1. The lowest BCUT2D eigenvalue weighted by Gasteiger charge is -2.09. The molecule has 0 fully saturated rings. The Balaban J connectivity index is 1.95. The van der Waals surface area contributed by atoms with Crippen molar-refractivity contribution in [3.05, 3.63) is 58.6 Å². The van der Waals surface area contributed by atoms with Crippen molar-refractivity contribution in [3.8, 4) is 5.75 Å². The molecule has 6 nitrogen and oxygen atoms in total. The van der Waals surface area contributed by atoms with Crippen molar-refractivity contribution in [2.45, 2.75) is 26.2 Å². The molecule has 0 radical (unpaired) electrons. The Morgan fingerprint density at radius 1 is 1.07 bits per heavy atom. The van der Waals surface area contributed by atoms with E-state index in [1.807, 2.05) is 6.92 Å². The number of ether oxygens (including phenoxy) is 2. The summed E-state index contributed by atoms with van der Waals surface area (Å²) in [4.78, 5) is 36.5. The Bertz CT molecular complexity index is 866. The third kappa shape index (κ3) is 6.09. The van der Waals surface area contributed by atoms with Gasteiger partial charge in [0.15, 0.2) is 5.78 Å². The molecule has 28 heavy (non-hydrogen) atoms. The van der Waals surface area contributed by atoms with Crippen LogP contribution in [0, 0.1) is 0 Å². The number of methoxy groups -OCH3 is 1. The number of carbonyl (C=O) groups excluding carboxylic acids is 3. The van der Waals surface area contributed by atoms with Gasteiger partial charge in [0.25, 0.3) is 0 Å². The van der Waals surface area contributed by atoms with Crippen LogP contribution in [-0.2, 0) is 9.53 Å². The van der Waals surface area contributed by atoms with Crippen molar-refractivity contribution < 1.29 is 23.9 Å². The van der Waals surface area contributed by atoms with Gasteiger partial charge in [0.05, 0.1) is 24.8 Å². The molecular weight excluding hydrogens is 382 g/mol. The lowest BCUT2D eigenvalue weighted by molar-refractivity contribution is -0.116. The Labute approximate surface area is 168 Å². The minimum Gasteiger partial charge on any atom is -0.496 e. The number of hydrogen-bond donors (Lipinski definition) is 1. The van der Waals surface area contributed by atoms with Crippen LogP contribution in [0.1, 0.15) is 46.9 Å². The minimum atomic E-state index is -0.443. The van der Waals surface area contributed by atoms with Gasteiger partial charge in [-0.3, -0.25) is 9.59 Å². The highest BCUT2D eigenvalue weighted by Gasteiger charge is 2.15. The van der Waals surface area contributed by atoms with Crippen molar-refractivity contribution in [1.82, 2.24) is 0 Å². The summed E-state index contributed by atoms with van der Waals surface area (Å²) in [5, 5.41) is 3.10. The van der Waals surface area contributed by atoms with E-state index in [4.69, 9.17) is 21.1 Å². The second-order valence-corrected chi connectivity index (χ2v) is 6.47. The average molecular weight is 404 g/mol. The molecule has 0 aliphatic heterocycles. The number of rotatable bonds is 9. The molecular formula is C21H22ClNO5. The minimum absolute atomic E-state index is 0.000762. The number of hydrogen-bond acceptors (Lipinski definition) is 5. The number of ketones is 1. The number of anilines is 1. The first-order chi connectivity index (χ1) is 13.4. The molecule has 148 valence electrons. The zero-order valence-corrected chi connectivity index (χ0v) is 16.5. The fourth-order valence-corrected chi connectivity index (χ4v) is 2.66. The molecule has 2 rings (SSSR count). The number of esters is 1. The predicted molar refractivity (Wildman–Crippen MR) is 107 cm³/mol. The maximum Gasteiger partial charge on any atom is 0.338 e. The molecule has 0 saturated heterocycles. The van der Waals surface area contributed by atoms with E-state index in [9.17, 15) is 14.4 Å². The van der Waals surface area contributed by atoms with Gasteiger partial charge in [-0.25, -0.2) is 4.79 Å². The molecule has 0 unspecified atom stereocenters. The van der Waals surface area contributed by atoms with E-state index in [2.05, 4.69) is 5.32 Å². The van der Waals surface area contributed by atoms with Gasteiger partial charge in [-0.2, -0.15) is 0 Å². The molecule has 0 atom stereocenters. The van der Waals surface area contributed by atoms with Gasteiger partial charge in [0.1, 0.15) is 5.75 Å². The standard InChI is InChI=1S/C21H22ClNO5/c1-3-11-28-21(26)14-5-4-6-16(12-14)23-20(25)10-8-18(24)17-13-15(22)7-9-19(17)27-2/h4-7,9,12-13H,3,8,10-11H2,1-2H3,(H,23,25). The number of carbonyl (C=O) groups is 3. The van der Waals surface area contributed by atoms with Crippen molar-refractivity contribution in [2.75, 3.05) is 19.0 Å². The lowest BCUT2D eigenvalue weighted by atomic mass is 10.1. The highest BCUT2D eigenvalue weighted by atomic mass is 35.5. The number of nitrogens with one attached hydrogen (secondary N) is 1. The van der Waals surface area contributed by atoms with E-state index in [0.717, 1.165) is 6.42 Å². The van der Waals surface area contributed by atoms with Gasteiger partial charge < -0.3 is 14.8 Å². The van der Waals surface area contributed by atoms with E-state index in [-0.39, 0.29) is 24.5 Å². The van der Waals surface area contributed by atoms with Crippen LogP contribution >= 0.6 is 11.6 Å². The Kier molecular flexibility index (Phi) is 8.02. The maximum absolute atomic E-state index is 12.4. The molecule has 0 aliphatic carbocycles. The van der Waals surface area contributed by atoms with Crippen molar-refractivity contribution >= 4 is 34.9 Å². The average Bonchev–Trinajstić information content (AvgIpc) is 2.70. The number of amides is 1. The summed E-state index contributed by atoms with van der Waals surface area (Å²) in [5.74, 6) is -0.617. The smallest absolute Gasteiger partial charge is 0.338 e. The first-order valence-corrected chi connectivity index (χ1v) is 9.26. The van der Waals surface area contributed by atoms with Crippen LogP contribution in [0.5, 0.6) is 5.75 Å². The Morgan fingerprint density at radius 2 is 1.86 bits per heavy atom. The van der Waals surface area contributed by atoms with E-state index < -0.39 is 5.97 Å². The topological polar surface area (TPSA) is 81.7 Å². The van der Waals surface area contributed by atoms with Gasteiger partial charge in [0.2, 0.25) is 5.91 Å². The van der Waals surface area contributed by atoms with Crippen LogP contribution in [0.4, 0.5) is 5.69 Å². The predicted octanol–water partition coefficient (Wildman–Crippen LogP) is 4.52. The van der Waals surface area contributed by atoms with E-state index in [1.54, 1.807) is 30.3 Å². The Hall–Kier alpha value is -2.86. The van der Waals surface area contributed by atoms with Gasteiger partial charge in [-0.15, -0.1) is 0 Å². The fraction of sp³-hybridized carbons (Fsp3) is 0.286. The fourth-order valence-electron chi connectivity index (χ4n) is 2.49. The number of halogens is 1. The van der Waals surface area contributed by atoms with Crippen molar-refractivity contribution in [2.24, 2.45) is 0 Å². The lowest BCUT2D eigenvalue weighted by Crippen LogP contribution is -2.14. The monoisotopic (exact) mass is 403 g/mol. The van der Waals surface area contributed by atoms with Gasteiger partial charge >= 0.3 is 5.97 Å². The molecule has 0 aliphatic rings. The third-order valence-electron chi connectivity index (χ3n) is 3.86. The summed E-state index contributed by atoms with van der Waals surface area (Å²) in [6, 6.07) is 11.2. The Morgan fingerprint density at radius 3 is 2.57 bits per heavy atom. The first-order valence-electron chi connectivity index (χ1n) is 8.88. The van der Waals surface area contributed by atoms with Crippen LogP contribution in [0.2, 0.25) is 5.02 Å². The van der Waals surface area contributed by atoms with Crippen LogP contribution in [0.3, 0.4) is 0 Å². The highest BCUT2D eigenvalue weighted by molar-refractivity contribution is 6.31. The zero-order chi connectivity index (χ0) is 20.5. The molecule has 0 bridgehead atoms. The summed E-state index contributed by atoms with van der Waals surface area (Å²) in [6.07, 6.45) is 0.716. The molecule has 0 heterocycles. The van der Waals surface area contributed by atoms with Crippen LogP contribution in [0.15, 0.2) is 42.5 Å².